The number of esters is 3. The van der Waals surface area contributed by atoms with Gasteiger partial charge in [-0.2, -0.15) is 0 Å². The molecule has 7 heteroatoms. The maximum absolute atomic E-state index is 12.6. The van der Waals surface area contributed by atoms with Gasteiger partial charge in [-0.25, -0.2) is 0 Å². The number of carbonyl (C=O) groups excluding carboxylic acids is 4. The van der Waals surface area contributed by atoms with Gasteiger partial charge in [0.1, 0.15) is 23.4 Å². The number of carbonyl (C=O) groups is 4. The zero-order valence-electron chi connectivity index (χ0n) is 17.0. The smallest absolute Gasteiger partial charge is 0.324 e. The third-order valence-corrected chi connectivity index (χ3v) is 6.67. The molecule has 0 saturated heterocycles. The van der Waals surface area contributed by atoms with Crippen molar-refractivity contribution in [2.24, 2.45) is 22.7 Å². The number of hydrogen-bond donors (Lipinski definition) is 0. The Balaban J connectivity index is 1.51. The third-order valence-electron chi connectivity index (χ3n) is 6.67. The van der Waals surface area contributed by atoms with Gasteiger partial charge in [0.15, 0.2) is 5.41 Å². The van der Waals surface area contributed by atoms with Crippen molar-refractivity contribution in [3.8, 4) is 0 Å². The van der Waals surface area contributed by atoms with Crippen molar-refractivity contribution in [2.45, 2.75) is 57.7 Å². The SMILES string of the molecule is C=CC1CC1(C(C)=O)C(=O)OC1CCC(OC(=O)C2(C(=O)OC)CC2C=C)CC1. The van der Waals surface area contributed by atoms with Crippen LogP contribution in [0.15, 0.2) is 25.3 Å². The van der Waals surface area contributed by atoms with E-state index in [0.717, 1.165) is 0 Å². The Morgan fingerprint density at radius 1 is 0.793 bits per heavy atom. The summed E-state index contributed by atoms with van der Waals surface area (Å²) in [6.45, 7) is 8.74. The van der Waals surface area contributed by atoms with Crippen LogP contribution in [0.1, 0.15) is 45.4 Å². The summed E-state index contributed by atoms with van der Waals surface area (Å²) in [5.41, 5.74) is -2.33. The molecule has 3 saturated carbocycles. The summed E-state index contributed by atoms with van der Waals surface area (Å²) in [4.78, 5) is 49.1. The fourth-order valence-electron chi connectivity index (χ4n) is 4.44. The molecule has 7 nitrogen and oxygen atoms in total. The van der Waals surface area contributed by atoms with E-state index < -0.39 is 28.7 Å². The lowest BCUT2D eigenvalue weighted by atomic mass is 9.93. The summed E-state index contributed by atoms with van der Waals surface area (Å²) in [6.07, 6.45) is 5.49. The van der Waals surface area contributed by atoms with Gasteiger partial charge in [0.05, 0.1) is 7.11 Å². The third kappa shape index (κ3) is 3.51. The van der Waals surface area contributed by atoms with Crippen molar-refractivity contribution in [3.63, 3.8) is 0 Å². The highest BCUT2D eigenvalue weighted by atomic mass is 16.6. The normalized spacial score (nSPS) is 37.6. The van der Waals surface area contributed by atoms with E-state index in [2.05, 4.69) is 13.2 Å². The van der Waals surface area contributed by atoms with Gasteiger partial charge in [0.25, 0.3) is 0 Å². The molecule has 3 rings (SSSR count). The fourth-order valence-corrected chi connectivity index (χ4v) is 4.44. The molecule has 0 heterocycles. The van der Waals surface area contributed by atoms with Crippen molar-refractivity contribution in [3.05, 3.63) is 25.3 Å². The van der Waals surface area contributed by atoms with Crippen molar-refractivity contribution < 1.29 is 33.4 Å². The van der Waals surface area contributed by atoms with Crippen LogP contribution in [0.5, 0.6) is 0 Å². The predicted octanol–water partition coefficient (Wildman–Crippen LogP) is 2.53. The largest absolute Gasteiger partial charge is 0.468 e. The van der Waals surface area contributed by atoms with E-state index in [1.54, 1.807) is 12.2 Å². The molecule has 3 aliphatic carbocycles. The molecule has 29 heavy (non-hydrogen) atoms. The first kappa shape index (κ1) is 21.3. The van der Waals surface area contributed by atoms with Crippen LogP contribution in [0, 0.1) is 22.7 Å². The Morgan fingerprint density at radius 2 is 1.21 bits per heavy atom. The Bertz CT molecular complexity index is 748. The molecular weight excluding hydrogens is 376 g/mol. The van der Waals surface area contributed by atoms with Gasteiger partial charge in [-0.1, -0.05) is 12.2 Å². The maximum atomic E-state index is 12.6. The molecule has 0 aromatic heterocycles. The highest BCUT2D eigenvalue weighted by molar-refractivity contribution is 6.06. The molecule has 3 aliphatic rings. The monoisotopic (exact) mass is 404 g/mol. The van der Waals surface area contributed by atoms with Gasteiger partial charge >= 0.3 is 17.9 Å². The van der Waals surface area contributed by atoms with Crippen molar-refractivity contribution in [2.75, 3.05) is 7.11 Å². The van der Waals surface area contributed by atoms with Gasteiger partial charge in [0.2, 0.25) is 0 Å². The molecule has 4 atom stereocenters. The summed E-state index contributed by atoms with van der Waals surface area (Å²) in [5, 5.41) is 0. The summed E-state index contributed by atoms with van der Waals surface area (Å²) >= 11 is 0. The average Bonchev–Trinajstić information content (AvgIpc) is 3.61. The first-order chi connectivity index (χ1) is 13.8. The summed E-state index contributed by atoms with van der Waals surface area (Å²) in [7, 11) is 1.25. The van der Waals surface area contributed by atoms with Gasteiger partial charge in [0, 0.05) is 11.8 Å². The van der Waals surface area contributed by atoms with E-state index in [9.17, 15) is 19.2 Å². The number of hydrogen-bond acceptors (Lipinski definition) is 7. The zero-order valence-corrected chi connectivity index (χ0v) is 17.0. The number of allylic oxidation sites excluding steroid dienone is 2. The van der Waals surface area contributed by atoms with Crippen LogP contribution in [-0.2, 0) is 33.4 Å². The Labute approximate surface area is 170 Å². The highest BCUT2D eigenvalue weighted by Crippen LogP contribution is 2.56. The second-order valence-electron chi connectivity index (χ2n) is 8.29. The van der Waals surface area contributed by atoms with Crippen LogP contribution in [0.3, 0.4) is 0 Å². The van der Waals surface area contributed by atoms with Gasteiger partial charge in [-0.05, 0) is 45.4 Å². The molecule has 0 amide bonds. The standard InChI is InChI=1S/C22H28O7/c1-5-14-11-21(14,13(3)23)19(25)28-16-7-9-17(10-8-16)29-20(26)22(18(24)27-4)12-15(22)6-2/h5-6,14-17H,1-2,7-12H2,3-4H3. The highest BCUT2D eigenvalue weighted by Gasteiger charge is 2.67. The van der Waals surface area contributed by atoms with Gasteiger partial charge in [-0.15, -0.1) is 13.2 Å². The Morgan fingerprint density at radius 3 is 1.55 bits per heavy atom. The molecule has 0 aliphatic heterocycles. The molecule has 0 N–H and O–H groups in total. The van der Waals surface area contributed by atoms with Crippen LogP contribution in [0.25, 0.3) is 0 Å². The molecule has 3 fully saturated rings. The number of ether oxygens (including phenoxy) is 3. The lowest BCUT2D eigenvalue weighted by molar-refractivity contribution is -0.172. The number of Topliss-reactive ketones (excluding diaryl/α,β-unsaturated/α-hetero) is 1. The molecular formula is C22H28O7. The molecule has 0 aromatic carbocycles. The number of rotatable bonds is 8. The van der Waals surface area contributed by atoms with Crippen molar-refractivity contribution in [1.29, 1.82) is 0 Å². The fraction of sp³-hybridized carbons (Fsp3) is 0.636. The lowest BCUT2D eigenvalue weighted by Gasteiger charge is -2.30. The molecule has 0 radical (unpaired) electrons. The van der Waals surface area contributed by atoms with E-state index in [4.69, 9.17) is 14.2 Å². The van der Waals surface area contributed by atoms with Crippen LogP contribution >= 0.6 is 0 Å². The van der Waals surface area contributed by atoms with Gasteiger partial charge < -0.3 is 14.2 Å². The van der Waals surface area contributed by atoms with Crippen LogP contribution in [0.4, 0.5) is 0 Å². The molecule has 0 spiro atoms. The van der Waals surface area contributed by atoms with E-state index in [1.165, 1.54) is 14.0 Å². The molecule has 158 valence electrons. The average molecular weight is 404 g/mol. The lowest BCUT2D eigenvalue weighted by Crippen LogP contribution is -2.37. The van der Waals surface area contributed by atoms with Crippen molar-refractivity contribution >= 4 is 23.7 Å². The van der Waals surface area contributed by atoms with E-state index in [0.29, 0.717) is 38.5 Å². The predicted molar refractivity (Wildman–Crippen MR) is 102 cm³/mol. The van der Waals surface area contributed by atoms with Crippen LogP contribution < -0.4 is 0 Å². The van der Waals surface area contributed by atoms with E-state index in [-0.39, 0.29) is 29.8 Å². The van der Waals surface area contributed by atoms with E-state index in [1.807, 2.05) is 0 Å². The minimum atomic E-state index is -1.26. The molecule has 0 aromatic rings. The zero-order chi connectivity index (χ0) is 21.4. The quantitative estimate of drug-likeness (QED) is 0.265. The Kier molecular flexibility index (Phi) is 5.70. The number of methoxy groups -OCH3 is 1. The second kappa shape index (κ2) is 7.76. The first-order valence-corrected chi connectivity index (χ1v) is 10.0. The minimum Gasteiger partial charge on any atom is -0.468 e. The summed E-state index contributed by atoms with van der Waals surface area (Å²) in [6, 6.07) is 0. The Hall–Kier alpha value is -2.44. The first-order valence-electron chi connectivity index (χ1n) is 10.0. The minimum absolute atomic E-state index is 0.157. The maximum Gasteiger partial charge on any atom is 0.324 e. The van der Waals surface area contributed by atoms with Crippen molar-refractivity contribution in [1.82, 2.24) is 0 Å². The summed E-state index contributed by atoms with van der Waals surface area (Å²) in [5.74, 6) is -2.26. The number of ketones is 1. The summed E-state index contributed by atoms with van der Waals surface area (Å²) < 4.78 is 16.0. The van der Waals surface area contributed by atoms with Crippen LogP contribution in [-0.4, -0.2) is 43.0 Å². The topological polar surface area (TPSA) is 96.0 Å². The molecule has 0 bridgehead atoms. The van der Waals surface area contributed by atoms with Gasteiger partial charge in [-0.3, -0.25) is 19.2 Å². The van der Waals surface area contributed by atoms with E-state index >= 15 is 0 Å². The molecule has 4 unspecified atom stereocenters. The second-order valence-corrected chi connectivity index (χ2v) is 8.29. The van der Waals surface area contributed by atoms with Crippen LogP contribution in [0.2, 0.25) is 0 Å².